The van der Waals surface area contributed by atoms with Crippen LogP contribution in [0.1, 0.15) is 35.4 Å². The zero-order valence-corrected chi connectivity index (χ0v) is 14.1. The fourth-order valence-corrected chi connectivity index (χ4v) is 2.81. The number of aliphatic hydroxyl groups excluding tert-OH is 1. The number of fused-ring (bicyclic) bond motifs is 1. The topological polar surface area (TPSA) is 105 Å². The lowest BCUT2D eigenvalue weighted by Gasteiger charge is -2.23. The van der Waals surface area contributed by atoms with Crippen molar-refractivity contribution < 1.29 is 19.4 Å². The molecule has 0 aromatic carbocycles. The normalized spacial score (nSPS) is 16.5. The molecule has 2 amide bonds. The molecule has 1 aromatic heterocycles. The second-order valence-corrected chi connectivity index (χ2v) is 5.90. The van der Waals surface area contributed by atoms with Crippen LogP contribution in [0.2, 0.25) is 0 Å². The fraction of sp³-hybridized carbons (Fsp3) is 0.688. The van der Waals surface area contributed by atoms with E-state index in [1.807, 2.05) is 4.57 Å². The Morgan fingerprint density at radius 3 is 2.96 bits per heavy atom. The highest BCUT2D eigenvalue weighted by Crippen LogP contribution is 2.22. The number of amides is 2. The number of nitrogens with one attached hydrogen (secondary N) is 2. The Morgan fingerprint density at radius 2 is 2.21 bits per heavy atom. The summed E-state index contributed by atoms with van der Waals surface area (Å²) in [5.74, 6) is -0.282. The molecule has 0 radical (unpaired) electrons. The van der Waals surface area contributed by atoms with E-state index in [0.717, 1.165) is 12.1 Å². The number of ether oxygens (including phenoxy) is 1. The van der Waals surface area contributed by atoms with Crippen LogP contribution >= 0.6 is 0 Å². The van der Waals surface area contributed by atoms with E-state index in [2.05, 4.69) is 15.6 Å². The molecule has 0 fully saturated rings. The van der Waals surface area contributed by atoms with Crippen LogP contribution in [0.4, 0.5) is 0 Å². The molecule has 1 aromatic rings. The number of nitrogens with zero attached hydrogens (tertiary/aromatic N) is 2. The van der Waals surface area contributed by atoms with Gasteiger partial charge in [-0.25, -0.2) is 4.98 Å². The minimum Gasteiger partial charge on any atom is -0.396 e. The van der Waals surface area contributed by atoms with Crippen LogP contribution in [-0.4, -0.2) is 59.9 Å². The second-order valence-electron chi connectivity index (χ2n) is 5.90. The number of imidazole rings is 1. The molecule has 2 rings (SSSR count). The molecule has 1 aliphatic rings. The van der Waals surface area contributed by atoms with Crippen molar-refractivity contribution in [2.45, 2.75) is 32.2 Å². The summed E-state index contributed by atoms with van der Waals surface area (Å²) in [6.07, 6.45) is 4.40. The summed E-state index contributed by atoms with van der Waals surface area (Å²) in [5, 5.41) is 14.4. The molecule has 8 heteroatoms. The van der Waals surface area contributed by atoms with Gasteiger partial charge in [0.15, 0.2) is 0 Å². The molecule has 2 heterocycles. The third-order valence-electron chi connectivity index (χ3n) is 4.15. The van der Waals surface area contributed by atoms with Crippen molar-refractivity contribution in [3.63, 3.8) is 0 Å². The van der Waals surface area contributed by atoms with Crippen LogP contribution in [0.15, 0.2) is 6.33 Å². The molecule has 0 aliphatic carbocycles. The highest BCUT2D eigenvalue weighted by Gasteiger charge is 2.28. The molecule has 0 saturated heterocycles. The number of hydrogen-bond acceptors (Lipinski definition) is 5. The first-order chi connectivity index (χ1) is 11.7. The van der Waals surface area contributed by atoms with Crippen molar-refractivity contribution in [1.82, 2.24) is 20.2 Å². The van der Waals surface area contributed by atoms with Gasteiger partial charge >= 0.3 is 0 Å². The third kappa shape index (κ3) is 4.78. The Bertz CT molecular complexity index is 558. The minimum atomic E-state index is -0.190. The molecule has 1 atom stereocenters. The number of carbonyl (C=O) groups excluding carboxylic acids is 2. The fourth-order valence-electron chi connectivity index (χ4n) is 2.81. The monoisotopic (exact) mass is 338 g/mol. The summed E-state index contributed by atoms with van der Waals surface area (Å²) in [4.78, 5) is 28.5. The van der Waals surface area contributed by atoms with Crippen molar-refractivity contribution in [2.24, 2.45) is 5.92 Å². The van der Waals surface area contributed by atoms with Crippen molar-refractivity contribution in [3.8, 4) is 0 Å². The van der Waals surface area contributed by atoms with Gasteiger partial charge in [-0.1, -0.05) is 0 Å². The van der Waals surface area contributed by atoms with Crippen LogP contribution in [0, 0.1) is 5.92 Å². The van der Waals surface area contributed by atoms with E-state index in [9.17, 15) is 9.59 Å². The van der Waals surface area contributed by atoms with E-state index < -0.39 is 0 Å². The summed E-state index contributed by atoms with van der Waals surface area (Å²) < 4.78 is 6.82. The molecule has 0 spiro atoms. The summed E-state index contributed by atoms with van der Waals surface area (Å²) in [5.41, 5.74) is 1.33. The first-order valence-electron chi connectivity index (χ1n) is 8.37. The standard InChI is InChI=1S/C16H26N4O4/c1-24-9-7-18-15(22)12-4-5-13-14(19-11-20(13)10-12)16(23)17-6-2-3-8-21/h11-12,21H,2-10H2,1H3,(H,17,23)(H,18,22). The molecule has 1 unspecified atom stereocenters. The molecular weight excluding hydrogens is 312 g/mol. The quantitative estimate of drug-likeness (QED) is 0.537. The van der Waals surface area contributed by atoms with Gasteiger partial charge in [-0.05, 0) is 25.7 Å². The first kappa shape index (κ1) is 18.4. The number of carbonyl (C=O) groups is 2. The van der Waals surface area contributed by atoms with Gasteiger partial charge in [0.1, 0.15) is 5.69 Å². The lowest BCUT2D eigenvalue weighted by atomic mass is 9.96. The number of methoxy groups -OCH3 is 1. The second kappa shape index (κ2) is 9.39. The van der Waals surface area contributed by atoms with Crippen LogP contribution in [0.25, 0.3) is 0 Å². The molecule has 134 valence electrons. The van der Waals surface area contributed by atoms with Gasteiger partial charge in [0.2, 0.25) is 5.91 Å². The number of aromatic nitrogens is 2. The lowest BCUT2D eigenvalue weighted by Crippen LogP contribution is -2.37. The maximum absolute atomic E-state index is 12.2. The predicted molar refractivity (Wildman–Crippen MR) is 87.6 cm³/mol. The molecule has 3 N–H and O–H groups in total. The van der Waals surface area contributed by atoms with Crippen LogP contribution < -0.4 is 10.6 Å². The number of rotatable bonds is 9. The largest absolute Gasteiger partial charge is 0.396 e. The Hall–Kier alpha value is -1.93. The van der Waals surface area contributed by atoms with Gasteiger partial charge in [0.25, 0.3) is 5.91 Å². The average Bonchev–Trinajstić information content (AvgIpc) is 3.02. The van der Waals surface area contributed by atoms with Gasteiger partial charge in [-0.2, -0.15) is 0 Å². The first-order valence-corrected chi connectivity index (χ1v) is 8.37. The Balaban J connectivity index is 1.89. The lowest BCUT2D eigenvalue weighted by molar-refractivity contribution is -0.126. The highest BCUT2D eigenvalue weighted by atomic mass is 16.5. The van der Waals surface area contributed by atoms with Crippen LogP contribution in [0.3, 0.4) is 0 Å². The van der Waals surface area contributed by atoms with Crippen molar-refractivity contribution in [2.75, 3.05) is 33.4 Å². The van der Waals surface area contributed by atoms with E-state index in [4.69, 9.17) is 9.84 Å². The Kier molecular flexibility index (Phi) is 7.20. The highest BCUT2D eigenvalue weighted by molar-refractivity contribution is 5.93. The smallest absolute Gasteiger partial charge is 0.271 e. The van der Waals surface area contributed by atoms with E-state index in [-0.39, 0.29) is 24.3 Å². The SMILES string of the molecule is COCCNC(=O)C1CCc2c(C(=O)NCCCCO)ncn2C1. The summed E-state index contributed by atoms with van der Waals surface area (Å²) in [6.45, 7) is 2.19. The minimum absolute atomic E-state index is 0.0152. The molecule has 24 heavy (non-hydrogen) atoms. The zero-order valence-electron chi connectivity index (χ0n) is 14.1. The van der Waals surface area contributed by atoms with E-state index in [1.54, 1.807) is 13.4 Å². The molecule has 8 nitrogen and oxygen atoms in total. The van der Waals surface area contributed by atoms with Crippen molar-refractivity contribution >= 4 is 11.8 Å². The van der Waals surface area contributed by atoms with Gasteiger partial charge < -0.3 is 25.0 Å². The average molecular weight is 338 g/mol. The number of unbranched alkanes of at least 4 members (excludes halogenated alkanes) is 1. The van der Waals surface area contributed by atoms with E-state index >= 15 is 0 Å². The summed E-state index contributed by atoms with van der Waals surface area (Å²) >= 11 is 0. The number of aliphatic hydroxyl groups is 1. The van der Waals surface area contributed by atoms with Crippen LogP contribution in [-0.2, 0) is 22.5 Å². The summed E-state index contributed by atoms with van der Waals surface area (Å²) in [7, 11) is 1.60. The Morgan fingerprint density at radius 1 is 1.38 bits per heavy atom. The van der Waals surface area contributed by atoms with Crippen molar-refractivity contribution in [3.05, 3.63) is 17.7 Å². The summed E-state index contributed by atoms with van der Waals surface area (Å²) in [6, 6.07) is 0. The van der Waals surface area contributed by atoms with Gasteiger partial charge in [0, 0.05) is 33.4 Å². The van der Waals surface area contributed by atoms with Gasteiger partial charge in [-0.15, -0.1) is 0 Å². The molecule has 0 saturated carbocycles. The molecular formula is C16H26N4O4. The maximum atomic E-state index is 12.2. The van der Waals surface area contributed by atoms with E-state index in [1.165, 1.54) is 0 Å². The zero-order chi connectivity index (χ0) is 17.4. The maximum Gasteiger partial charge on any atom is 0.271 e. The van der Waals surface area contributed by atoms with Crippen molar-refractivity contribution in [1.29, 1.82) is 0 Å². The Labute approximate surface area is 141 Å². The predicted octanol–water partition coefficient (Wildman–Crippen LogP) is -0.290. The molecule has 1 aliphatic heterocycles. The third-order valence-corrected chi connectivity index (χ3v) is 4.15. The van der Waals surface area contributed by atoms with Gasteiger partial charge in [-0.3, -0.25) is 9.59 Å². The molecule has 0 bridgehead atoms. The van der Waals surface area contributed by atoms with E-state index in [0.29, 0.717) is 51.2 Å². The number of hydrogen-bond donors (Lipinski definition) is 3. The van der Waals surface area contributed by atoms with Crippen LogP contribution in [0.5, 0.6) is 0 Å². The van der Waals surface area contributed by atoms with Gasteiger partial charge in [0.05, 0.1) is 24.5 Å².